The fourth-order valence-corrected chi connectivity index (χ4v) is 1.93. The highest BCUT2D eigenvalue weighted by atomic mass is 16.6. The first-order chi connectivity index (χ1) is 11.2. The smallest absolute Gasteiger partial charge is 0.361 e. The maximum Gasteiger partial charge on any atom is 0.361 e. The first-order valence-electron chi connectivity index (χ1n) is 7.17. The normalized spacial score (nSPS) is 10.7. The third kappa shape index (κ3) is 3.79. The fraction of sp³-hybridized carbons (Fsp3) is 0.267. The van der Waals surface area contributed by atoms with E-state index in [2.05, 4.69) is 20.5 Å². The molecular formula is C15H15N5O3. The Kier molecular flexibility index (Phi) is 4.41. The van der Waals surface area contributed by atoms with E-state index in [9.17, 15) is 4.79 Å². The molecule has 0 bridgehead atoms. The Balaban J connectivity index is 1.57. The molecule has 0 saturated heterocycles. The van der Waals surface area contributed by atoms with Gasteiger partial charge in [-0.2, -0.15) is 4.98 Å². The highest BCUT2D eigenvalue weighted by Gasteiger charge is 2.14. The van der Waals surface area contributed by atoms with Crippen LogP contribution in [0.15, 0.2) is 41.1 Å². The van der Waals surface area contributed by atoms with Crippen LogP contribution in [0.3, 0.4) is 0 Å². The predicted octanol–water partition coefficient (Wildman–Crippen LogP) is 1.63. The van der Waals surface area contributed by atoms with Crippen LogP contribution in [0.2, 0.25) is 0 Å². The van der Waals surface area contributed by atoms with Gasteiger partial charge in [0.2, 0.25) is 0 Å². The van der Waals surface area contributed by atoms with Crippen molar-refractivity contribution in [2.45, 2.75) is 26.5 Å². The first-order valence-corrected chi connectivity index (χ1v) is 7.17. The minimum atomic E-state index is -0.583. The van der Waals surface area contributed by atoms with Crippen molar-refractivity contribution in [3.05, 3.63) is 59.5 Å². The Morgan fingerprint density at radius 1 is 1.30 bits per heavy atom. The van der Waals surface area contributed by atoms with Crippen molar-refractivity contribution in [3.8, 4) is 0 Å². The lowest BCUT2D eigenvalue weighted by Gasteiger charge is -1.99. The van der Waals surface area contributed by atoms with E-state index in [4.69, 9.17) is 9.26 Å². The standard InChI is InChI=1S/C15H15N5O3/c1-2-13-16-14(23-18-13)10-22-15(21)12-9-20(19-17-12)8-11-6-4-3-5-7-11/h3-7,9H,2,8,10H2,1H3. The predicted molar refractivity (Wildman–Crippen MR) is 78.4 cm³/mol. The zero-order valence-electron chi connectivity index (χ0n) is 12.5. The molecular weight excluding hydrogens is 298 g/mol. The van der Waals surface area contributed by atoms with E-state index in [-0.39, 0.29) is 18.2 Å². The van der Waals surface area contributed by atoms with Crippen LogP contribution in [0, 0.1) is 0 Å². The molecule has 0 aliphatic heterocycles. The molecule has 0 radical (unpaired) electrons. The largest absolute Gasteiger partial charge is 0.451 e. The molecule has 0 unspecified atom stereocenters. The Bertz CT molecular complexity index is 781. The Morgan fingerprint density at radius 3 is 2.87 bits per heavy atom. The van der Waals surface area contributed by atoms with Crippen LogP contribution in [0.4, 0.5) is 0 Å². The molecule has 0 atom stereocenters. The third-order valence-corrected chi connectivity index (χ3v) is 3.09. The summed E-state index contributed by atoms with van der Waals surface area (Å²) in [4.78, 5) is 16.0. The SMILES string of the molecule is CCc1noc(COC(=O)c2cn(Cc3ccccc3)nn2)n1. The zero-order chi connectivity index (χ0) is 16.1. The van der Waals surface area contributed by atoms with Gasteiger partial charge in [0.05, 0.1) is 12.7 Å². The minimum Gasteiger partial charge on any atom is -0.451 e. The number of nitrogens with zero attached hydrogens (tertiary/aromatic N) is 5. The first kappa shape index (κ1) is 14.9. The number of aromatic nitrogens is 5. The number of ether oxygens (including phenoxy) is 1. The number of benzene rings is 1. The Hall–Kier alpha value is -3.03. The van der Waals surface area contributed by atoms with Gasteiger partial charge >= 0.3 is 5.97 Å². The van der Waals surface area contributed by atoms with Gasteiger partial charge in [0, 0.05) is 6.42 Å². The van der Waals surface area contributed by atoms with Gasteiger partial charge < -0.3 is 9.26 Å². The highest BCUT2D eigenvalue weighted by molar-refractivity contribution is 5.86. The summed E-state index contributed by atoms with van der Waals surface area (Å²) in [7, 11) is 0. The summed E-state index contributed by atoms with van der Waals surface area (Å²) in [6.45, 7) is 2.35. The summed E-state index contributed by atoms with van der Waals surface area (Å²) in [5.41, 5.74) is 1.20. The molecule has 0 aliphatic carbocycles. The molecule has 0 spiro atoms. The van der Waals surface area contributed by atoms with Crippen LogP contribution in [0.5, 0.6) is 0 Å². The Morgan fingerprint density at radius 2 is 2.13 bits per heavy atom. The van der Waals surface area contributed by atoms with Crippen LogP contribution in [-0.2, 0) is 24.3 Å². The lowest BCUT2D eigenvalue weighted by Crippen LogP contribution is -2.06. The molecule has 0 saturated carbocycles. The third-order valence-electron chi connectivity index (χ3n) is 3.09. The highest BCUT2D eigenvalue weighted by Crippen LogP contribution is 2.05. The van der Waals surface area contributed by atoms with Gasteiger partial charge in [0.25, 0.3) is 5.89 Å². The second-order valence-corrected chi connectivity index (χ2v) is 4.82. The molecule has 8 nitrogen and oxygen atoms in total. The monoisotopic (exact) mass is 313 g/mol. The summed E-state index contributed by atoms with van der Waals surface area (Å²) in [6, 6.07) is 9.77. The van der Waals surface area contributed by atoms with E-state index in [1.54, 1.807) is 10.9 Å². The van der Waals surface area contributed by atoms with Crippen molar-refractivity contribution in [1.29, 1.82) is 0 Å². The van der Waals surface area contributed by atoms with Crippen molar-refractivity contribution in [2.24, 2.45) is 0 Å². The Labute approximate surface area is 132 Å². The van der Waals surface area contributed by atoms with Gasteiger partial charge in [0.15, 0.2) is 18.1 Å². The summed E-state index contributed by atoms with van der Waals surface area (Å²) in [5, 5.41) is 11.5. The van der Waals surface area contributed by atoms with Crippen molar-refractivity contribution < 1.29 is 14.1 Å². The summed E-state index contributed by atoms with van der Waals surface area (Å²) in [6.07, 6.45) is 2.20. The number of carbonyl (C=O) groups excluding carboxylic acids is 1. The summed E-state index contributed by atoms with van der Waals surface area (Å²) in [5.74, 6) is 0.247. The fourth-order valence-electron chi connectivity index (χ4n) is 1.93. The number of aryl methyl sites for hydroxylation is 1. The molecule has 2 aromatic heterocycles. The molecule has 0 amide bonds. The number of esters is 1. The van der Waals surface area contributed by atoms with Crippen molar-refractivity contribution in [2.75, 3.05) is 0 Å². The zero-order valence-corrected chi connectivity index (χ0v) is 12.5. The second kappa shape index (κ2) is 6.82. The maximum absolute atomic E-state index is 11.9. The van der Waals surface area contributed by atoms with Crippen LogP contribution in [-0.4, -0.2) is 31.1 Å². The van der Waals surface area contributed by atoms with Gasteiger partial charge in [-0.25, -0.2) is 9.48 Å². The van der Waals surface area contributed by atoms with E-state index in [1.165, 1.54) is 0 Å². The molecule has 0 N–H and O–H groups in total. The van der Waals surface area contributed by atoms with Gasteiger partial charge in [-0.1, -0.05) is 47.6 Å². The van der Waals surface area contributed by atoms with Gasteiger partial charge in [-0.15, -0.1) is 5.10 Å². The topological polar surface area (TPSA) is 95.9 Å². The summed E-state index contributed by atoms with van der Waals surface area (Å²) >= 11 is 0. The van der Waals surface area contributed by atoms with Crippen LogP contribution in [0.1, 0.15) is 34.7 Å². The quantitative estimate of drug-likeness (QED) is 0.638. The molecule has 3 rings (SSSR count). The van der Waals surface area contributed by atoms with Crippen molar-refractivity contribution in [1.82, 2.24) is 25.1 Å². The van der Waals surface area contributed by atoms with Gasteiger partial charge in [-0.3, -0.25) is 0 Å². The molecule has 0 aliphatic rings. The molecule has 23 heavy (non-hydrogen) atoms. The maximum atomic E-state index is 11.9. The number of hydrogen-bond donors (Lipinski definition) is 0. The van der Waals surface area contributed by atoms with Crippen LogP contribution < -0.4 is 0 Å². The number of rotatable bonds is 6. The lowest BCUT2D eigenvalue weighted by atomic mass is 10.2. The van der Waals surface area contributed by atoms with E-state index < -0.39 is 5.97 Å². The summed E-state index contributed by atoms with van der Waals surface area (Å²) < 4.78 is 11.6. The van der Waals surface area contributed by atoms with Crippen molar-refractivity contribution in [3.63, 3.8) is 0 Å². The van der Waals surface area contributed by atoms with E-state index >= 15 is 0 Å². The molecule has 1 aromatic carbocycles. The lowest BCUT2D eigenvalue weighted by molar-refractivity contribution is 0.0422. The average molecular weight is 313 g/mol. The minimum absolute atomic E-state index is 0.0859. The number of hydrogen-bond acceptors (Lipinski definition) is 7. The molecule has 118 valence electrons. The van der Waals surface area contributed by atoms with Gasteiger partial charge in [-0.05, 0) is 5.56 Å². The van der Waals surface area contributed by atoms with Crippen molar-refractivity contribution >= 4 is 5.97 Å². The van der Waals surface area contributed by atoms with Crippen LogP contribution in [0.25, 0.3) is 0 Å². The van der Waals surface area contributed by atoms with E-state index in [1.807, 2.05) is 37.3 Å². The average Bonchev–Trinajstić information content (AvgIpc) is 3.23. The van der Waals surface area contributed by atoms with E-state index in [0.29, 0.717) is 18.8 Å². The molecule has 2 heterocycles. The second-order valence-electron chi connectivity index (χ2n) is 4.82. The molecule has 3 aromatic rings. The molecule has 0 fully saturated rings. The van der Waals surface area contributed by atoms with Crippen LogP contribution >= 0.6 is 0 Å². The van der Waals surface area contributed by atoms with Gasteiger partial charge in [0.1, 0.15) is 0 Å². The number of carbonyl (C=O) groups is 1. The van der Waals surface area contributed by atoms with E-state index in [0.717, 1.165) is 5.56 Å². The molecule has 8 heteroatoms.